The fourth-order valence-corrected chi connectivity index (χ4v) is 3.76. The second kappa shape index (κ2) is 7.92. The number of benzene rings is 2. The highest BCUT2D eigenvalue weighted by atomic mass is 32.1. The summed E-state index contributed by atoms with van der Waals surface area (Å²) in [6.07, 6.45) is 1.68. The standard InChI is InChI=1S/C21H16F2N4OS/c1-13-24-11-19(26-20(28)10-14-2-6-16(22)7-3-14)27(13)21-25-18(12-29-21)15-4-8-17(23)9-5-15/h2-9,11-12H,10H2,1H3,(H,26,28). The van der Waals surface area contributed by atoms with E-state index < -0.39 is 0 Å². The van der Waals surface area contributed by atoms with Crippen molar-refractivity contribution in [2.24, 2.45) is 0 Å². The van der Waals surface area contributed by atoms with Gasteiger partial charge in [0.1, 0.15) is 23.3 Å². The molecule has 0 aliphatic rings. The predicted molar refractivity (Wildman–Crippen MR) is 108 cm³/mol. The number of rotatable bonds is 5. The smallest absolute Gasteiger partial charge is 0.229 e. The summed E-state index contributed by atoms with van der Waals surface area (Å²) < 4.78 is 27.9. The van der Waals surface area contributed by atoms with Crippen molar-refractivity contribution in [3.63, 3.8) is 0 Å². The van der Waals surface area contributed by atoms with Gasteiger partial charge in [-0.25, -0.2) is 18.7 Å². The van der Waals surface area contributed by atoms with E-state index in [-0.39, 0.29) is 24.0 Å². The van der Waals surface area contributed by atoms with Gasteiger partial charge in [-0.15, -0.1) is 11.3 Å². The Morgan fingerprint density at radius 1 is 1.07 bits per heavy atom. The van der Waals surface area contributed by atoms with E-state index in [9.17, 15) is 13.6 Å². The molecule has 0 spiro atoms. The number of aryl methyl sites for hydroxylation is 1. The molecular weight excluding hydrogens is 394 g/mol. The lowest BCUT2D eigenvalue weighted by atomic mass is 10.1. The van der Waals surface area contributed by atoms with E-state index in [0.29, 0.717) is 28.0 Å². The van der Waals surface area contributed by atoms with Crippen LogP contribution in [-0.2, 0) is 11.2 Å². The van der Waals surface area contributed by atoms with Crippen molar-refractivity contribution in [2.75, 3.05) is 5.32 Å². The summed E-state index contributed by atoms with van der Waals surface area (Å²) in [6.45, 7) is 1.81. The molecule has 0 atom stereocenters. The number of aromatic nitrogens is 3. The van der Waals surface area contributed by atoms with Crippen LogP contribution in [0.15, 0.2) is 60.1 Å². The van der Waals surface area contributed by atoms with Gasteiger partial charge in [0.2, 0.25) is 5.91 Å². The summed E-state index contributed by atoms with van der Waals surface area (Å²) in [5.74, 6) is 0.272. The zero-order valence-electron chi connectivity index (χ0n) is 15.4. The van der Waals surface area contributed by atoms with E-state index in [1.807, 2.05) is 12.3 Å². The van der Waals surface area contributed by atoms with Crippen molar-refractivity contribution in [1.82, 2.24) is 14.5 Å². The molecule has 29 heavy (non-hydrogen) atoms. The lowest BCUT2D eigenvalue weighted by Crippen LogP contribution is -2.17. The van der Waals surface area contributed by atoms with Crippen molar-refractivity contribution in [3.05, 3.63) is 83.1 Å². The van der Waals surface area contributed by atoms with E-state index in [0.717, 1.165) is 5.56 Å². The quantitative estimate of drug-likeness (QED) is 0.516. The van der Waals surface area contributed by atoms with Gasteiger partial charge in [0, 0.05) is 10.9 Å². The van der Waals surface area contributed by atoms with Crippen molar-refractivity contribution in [3.8, 4) is 16.4 Å². The molecule has 1 N–H and O–H groups in total. The van der Waals surface area contributed by atoms with Crippen LogP contribution in [0.5, 0.6) is 0 Å². The van der Waals surface area contributed by atoms with Crippen LogP contribution >= 0.6 is 11.3 Å². The summed E-state index contributed by atoms with van der Waals surface area (Å²) in [6, 6.07) is 11.9. The van der Waals surface area contributed by atoms with Crippen LogP contribution in [0.4, 0.5) is 14.6 Å². The molecule has 0 unspecified atom stereocenters. The van der Waals surface area contributed by atoms with Gasteiger partial charge in [-0.05, 0) is 48.9 Å². The Balaban J connectivity index is 1.55. The van der Waals surface area contributed by atoms with Crippen LogP contribution in [0.2, 0.25) is 0 Å². The fraction of sp³-hybridized carbons (Fsp3) is 0.0952. The highest BCUT2D eigenvalue weighted by molar-refractivity contribution is 7.12. The molecule has 0 bridgehead atoms. The van der Waals surface area contributed by atoms with Crippen LogP contribution in [0, 0.1) is 18.6 Å². The maximum absolute atomic E-state index is 13.1. The number of hydrogen-bond acceptors (Lipinski definition) is 4. The summed E-state index contributed by atoms with van der Waals surface area (Å²) in [5.41, 5.74) is 2.22. The number of hydrogen-bond donors (Lipinski definition) is 1. The third kappa shape index (κ3) is 4.22. The van der Waals surface area contributed by atoms with Gasteiger partial charge < -0.3 is 5.32 Å². The molecule has 4 rings (SSSR count). The van der Waals surface area contributed by atoms with Crippen LogP contribution in [0.25, 0.3) is 16.4 Å². The minimum Gasteiger partial charge on any atom is -0.310 e. The van der Waals surface area contributed by atoms with Gasteiger partial charge >= 0.3 is 0 Å². The first-order valence-corrected chi connectivity index (χ1v) is 9.68. The van der Waals surface area contributed by atoms with E-state index in [1.165, 1.54) is 35.6 Å². The maximum atomic E-state index is 13.1. The number of nitrogens with zero attached hydrogens (tertiary/aromatic N) is 3. The summed E-state index contributed by atoms with van der Waals surface area (Å²) in [4.78, 5) is 21.3. The molecule has 0 radical (unpaired) electrons. The van der Waals surface area contributed by atoms with Gasteiger partial charge in [-0.2, -0.15) is 0 Å². The topological polar surface area (TPSA) is 59.8 Å². The Bertz CT molecular complexity index is 1150. The normalized spacial score (nSPS) is 10.9. The SMILES string of the molecule is Cc1ncc(NC(=O)Cc2ccc(F)cc2)n1-c1nc(-c2ccc(F)cc2)cs1. The number of nitrogens with one attached hydrogen (secondary N) is 1. The molecule has 2 aromatic carbocycles. The number of carbonyl (C=O) groups excluding carboxylic acids is 1. The molecule has 146 valence electrons. The summed E-state index contributed by atoms with van der Waals surface area (Å²) >= 11 is 1.39. The molecule has 0 saturated carbocycles. The third-order valence-corrected chi connectivity index (χ3v) is 5.13. The highest BCUT2D eigenvalue weighted by Gasteiger charge is 2.15. The van der Waals surface area contributed by atoms with Crippen LogP contribution < -0.4 is 5.32 Å². The van der Waals surface area contributed by atoms with Crippen molar-refractivity contribution in [2.45, 2.75) is 13.3 Å². The molecule has 0 aliphatic carbocycles. The number of amides is 1. The van der Waals surface area contributed by atoms with E-state index >= 15 is 0 Å². The molecule has 1 amide bonds. The molecule has 8 heteroatoms. The minimum atomic E-state index is -0.344. The fourth-order valence-electron chi connectivity index (χ4n) is 2.87. The number of imidazole rings is 1. The number of carbonyl (C=O) groups is 1. The first-order chi connectivity index (χ1) is 14.0. The third-order valence-electron chi connectivity index (χ3n) is 4.31. The first kappa shape index (κ1) is 18.9. The Morgan fingerprint density at radius 3 is 2.41 bits per heavy atom. The summed E-state index contributed by atoms with van der Waals surface area (Å²) in [5, 5.41) is 5.34. The van der Waals surface area contributed by atoms with E-state index in [4.69, 9.17) is 0 Å². The number of halogens is 2. The van der Waals surface area contributed by atoms with Gasteiger partial charge in [0.05, 0.1) is 18.3 Å². The minimum absolute atomic E-state index is 0.114. The second-order valence-electron chi connectivity index (χ2n) is 6.40. The monoisotopic (exact) mass is 410 g/mol. The van der Waals surface area contributed by atoms with Crippen LogP contribution in [0.1, 0.15) is 11.4 Å². The molecule has 0 saturated heterocycles. The van der Waals surface area contributed by atoms with E-state index in [1.54, 1.807) is 35.0 Å². The number of anilines is 1. The van der Waals surface area contributed by atoms with Crippen molar-refractivity contribution < 1.29 is 13.6 Å². The molecule has 5 nitrogen and oxygen atoms in total. The molecule has 4 aromatic rings. The lowest BCUT2D eigenvalue weighted by molar-refractivity contribution is -0.115. The molecule has 0 aliphatic heterocycles. The van der Waals surface area contributed by atoms with Gasteiger partial charge in [0.25, 0.3) is 0 Å². The summed E-state index contributed by atoms with van der Waals surface area (Å²) in [7, 11) is 0. The average molecular weight is 410 g/mol. The predicted octanol–water partition coefficient (Wildman–Crippen LogP) is 4.76. The van der Waals surface area contributed by atoms with Gasteiger partial charge in [-0.3, -0.25) is 9.36 Å². The first-order valence-electron chi connectivity index (χ1n) is 8.80. The van der Waals surface area contributed by atoms with Crippen molar-refractivity contribution >= 4 is 23.1 Å². The Kier molecular flexibility index (Phi) is 5.18. The molecular formula is C21H16F2N4OS. The molecule has 2 heterocycles. The van der Waals surface area contributed by atoms with Gasteiger partial charge in [-0.1, -0.05) is 12.1 Å². The highest BCUT2D eigenvalue weighted by Crippen LogP contribution is 2.27. The van der Waals surface area contributed by atoms with Crippen LogP contribution in [-0.4, -0.2) is 20.4 Å². The van der Waals surface area contributed by atoms with Gasteiger partial charge in [0.15, 0.2) is 5.13 Å². The van der Waals surface area contributed by atoms with Crippen LogP contribution in [0.3, 0.4) is 0 Å². The molecule has 2 aromatic heterocycles. The lowest BCUT2D eigenvalue weighted by Gasteiger charge is -2.08. The second-order valence-corrected chi connectivity index (χ2v) is 7.24. The van der Waals surface area contributed by atoms with Crippen molar-refractivity contribution in [1.29, 1.82) is 0 Å². The molecule has 0 fully saturated rings. The average Bonchev–Trinajstić information content (AvgIpc) is 3.31. The zero-order chi connectivity index (χ0) is 20.4. The zero-order valence-corrected chi connectivity index (χ0v) is 16.2. The Morgan fingerprint density at radius 2 is 1.72 bits per heavy atom. The van der Waals surface area contributed by atoms with E-state index in [2.05, 4.69) is 15.3 Å². The maximum Gasteiger partial charge on any atom is 0.229 e. The Hall–Kier alpha value is -3.39. The largest absolute Gasteiger partial charge is 0.310 e. The number of thiazole rings is 1. The Labute approximate surface area is 169 Å².